The quantitative estimate of drug-likeness (QED) is 0.559. The minimum Gasteiger partial charge on any atom is -0.352 e. The maximum Gasteiger partial charge on any atom is 0.399 e. The van der Waals surface area contributed by atoms with Gasteiger partial charge in [-0.15, -0.1) is 0 Å². The summed E-state index contributed by atoms with van der Waals surface area (Å²) in [6.45, 7) is 2.18. The van der Waals surface area contributed by atoms with Gasteiger partial charge in [0.2, 0.25) is 0 Å². The summed E-state index contributed by atoms with van der Waals surface area (Å²) >= 11 is 11.7. The van der Waals surface area contributed by atoms with E-state index >= 15 is 0 Å². The lowest BCUT2D eigenvalue weighted by Crippen LogP contribution is -2.41. The van der Waals surface area contributed by atoms with Crippen LogP contribution in [0.4, 0.5) is 13.2 Å². The Kier molecular flexibility index (Phi) is 7.50. The monoisotopic (exact) mass is 489 g/mol. The molecule has 2 aromatic carbocycles. The highest BCUT2D eigenvalue weighted by Crippen LogP contribution is 2.38. The van der Waals surface area contributed by atoms with Crippen LogP contribution in [0, 0.1) is 12.8 Å². The van der Waals surface area contributed by atoms with Crippen molar-refractivity contribution in [3.05, 3.63) is 74.8 Å². The highest BCUT2D eigenvalue weighted by Gasteiger charge is 2.39. The molecule has 1 N–H and O–H groups in total. The van der Waals surface area contributed by atoms with Crippen molar-refractivity contribution in [1.29, 1.82) is 0 Å². The number of alkyl halides is 3. The number of nitrogens with one attached hydrogen (secondary N) is 1. The standard InChI is InChI=1S/C22H20Cl2F3NO2S/c1-13-6-14(2-4-19(13)21(29)28-10-15-11-31(30)12-15)3-5-20(22(25,26)27)16-7-17(23)9-18(24)8-16/h2-9,15,20H,10-12H2,1H3,(H,28,29)/b5-3+. The number of allylic oxidation sites excluding steroid dienone is 1. The smallest absolute Gasteiger partial charge is 0.352 e. The van der Waals surface area contributed by atoms with Gasteiger partial charge in [0.05, 0.1) is 5.92 Å². The van der Waals surface area contributed by atoms with Gasteiger partial charge in [0, 0.05) is 44.5 Å². The van der Waals surface area contributed by atoms with Gasteiger partial charge in [0.25, 0.3) is 5.91 Å². The van der Waals surface area contributed by atoms with Crippen LogP contribution in [0.25, 0.3) is 6.08 Å². The molecule has 0 bridgehead atoms. The van der Waals surface area contributed by atoms with Crippen molar-refractivity contribution in [2.45, 2.75) is 19.0 Å². The van der Waals surface area contributed by atoms with Crippen LogP contribution >= 0.6 is 23.2 Å². The molecule has 1 atom stereocenters. The molecule has 2 aromatic rings. The number of benzene rings is 2. The van der Waals surface area contributed by atoms with Crippen molar-refractivity contribution in [3.8, 4) is 0 Å². The first kappa shape index (κ1) is 23.8. The van der Waals surface area contributed by atoms with Gasteiger partial charge in [-0.3, -0.25) is 9.00 Å². The molecule has 3 nitrogen and oxygen atoms in total. The van der Waals surface area contributed by atoms with Crippen molar-refractivity contribution in [2.24, 2.45) is 5.92 Å². The molecule has 0 radical (unpaired) electrons. The number of hydrogen-bond donors (Lipinski definition) is 1. The lowest BCUT2D eigenvalue weighted by Gasteiger charge is -2.24. The SMILES string of the molecule is Cc1cc(/C=C/C(c2cc(Cl)cc(Cl)c2)C(F)(F)F)ccc1C(=O)NCC1CS(=O)C1. The topological polar surface area (TPSA) is 46.2 Å². The Hall–Kier alpha value is -1.83. The molecular weight excluding hydrogens is 470 g/mol. The molecule has 0 aliphatic carbocycles. The first-order valence-corrected chi connectivity index (χ1v) is 11.7. The van der Waals surface area contributed by atoms with E-state index in [0.29, 0.717) is 34.7 Å². The number of aryl methyl sites for hydroxylation is 1. The molecular formula is C22H20Cl2F3NO2S. The fraction of sp³-hybridized carbons (Fsp3) is 0.318. The molecule has 1 fully saturated rings. The molecule has 31 heavy (non-hydrogen) atoms. The van der Waals surface area contributed by atoms with Gasteiger partial charge in [0.15, 0.2) is 0 Å². The zero-order chi connectivity index (χ0) is 22.8. The second-order valence-electron chi connectivity index (χ2n) is 7.50. The average Bonchev–Trinajstić information content (AvgIpc) is 2.62. The molecule has 1 aliphatic rings. The Balaban J connectivity index is 1.74. The first-order chi connectivity index (χ1) is 14.5. The second-order valence-corrected chi connectivity index (χ2v) is 9.92. The minimum atomic E-state index is -4.52. The van der Waals surface area contributed by atoms with Crippen LogP contribution in [-0.4, -0.2) is 34.3 Å². The molecule has 1 amide bonds. The van der Waals surface area contributed by atoms with E-state index in [2.05, 4.69) is 5.32 Å². The van der Waals surface area contributed by atoms with Crippen LogP contribution in [0.2, 0.25) is 10.0 Å². The number of rotatable bonds is 6. The second kappa shape index (κ2) is 9.76. The van der Waals surface area contributed by atoms with Gasteiger partial charge in [-0.25, -0.2) is 0 Å². The first-order valence-electron chi connectivity index (χ1n) is 9.47. The van der Waals surface area contributed by atoms with E-state index in [1.54, 1.807) is 25.1 Å². The molecule has 0 saturated carbocycles. The molecule has 0 spiro atoms. The molecule has 1 saturated heterocycles. The molecule has 1 aliphatic heterocycles. The number of hydrogen-bond acceptors (Lipinski definition) is 2. The Morgan fingerprint density at radius 3 is 2.39 bits per heavy atom. The van der Waals surface area contributed by atoms with E-state index < -0.39 is 22.9 Å². The molecule has 9 heteroatoms. The number of amides is 1. The molecule has 166 valence electrons. The Labute approximate surface area is 191 Å². The normalized spacial score (nSPS) is 19.8. The van der Waals surface area contributed by atoms with Crippen LogP contribution in [-0.2, 0) is 10.8 Å². The van der Waals surface area contributed by atoms with Crippen molar-refractivity contribution >= 4 is 46.0 Å². The van der Waals surface area contributed by atoms with Gasteiger partial charge in [-0.1, -0.05) is 47.5 Å². The molecule has 1 heterocycles. The average molecular weight is 490 g/mol. The van der Waals surface area contributed by atoms with E-state index in [0.717, 1.165) is 6.08 Å². The van der Waals surface area contributed by atoms with Gasteiger partial charge in [-0.2, -0.15) is 13.2 Å². The maximum atomic E-state index is 13.6. The highest BCUT2D eigenvalue weighted by atomic mass is 35.5. The summed E-state index contributed by atoms with van der Waals surface area (Å²) in [6, 6.07) is 8.69. The van der Waals surface area contributed by atoms with Crippen LogP contribution in [0.3, 0.4) is 0 Å². The van der Waals surface area contributed by atoms with Crippen LogP contribution in [0.5, 0.6) is 0 Å². The third-order valence-corrected chi connectivity index (χ3v) is 7.09. The summed E-state index contributed by atoms with van der Waals surface area (Å²) in [7, 11) is -0.772. The Morgan fingerprint density at radius 1 is 1.19 bits per heavy atom. The van der Waals surface area contributed by atoms with E-state index in [1.807, 2.05) is 0 Å². The summed E-state index contributed by atoms with van der Waals surface area (Å²) in [6.07, 6.45) is -2.11. The summed E-state index contributed by atoms with van der Waals surface area (Å²) < 4.78 is 52.0. The van der Waals surface area contributed by atoms with Gasteiger partial charge < -0.3 is 5.32 Å². The number of carbonyl (C=O) groups is 1. The largest absolute Gasteiger partial charge is 0.399 e. The minimum absolute atomic E-state index is 0.0501. The van der Waals surface area contributed by atoms with E-state index in [-0.39, 0.29) is 27.4 Å². The lowest BCUT2D eigenvalue weighted by molar-refractivity contribution is -0.139. The van der Waals surface area contributed by atoms with Crippen molar-refractivity contribution in [3.63, 3.8) is 0 Å². The van der Waals surface area contributed by atoms with E-state index in [4.69, 9.17) is 23.2 Å². The van der Waals surface area contributed by atoms with Gasteiger partial charge >= 0.3 is 6.18 Å². The third kappa shape index (κ3) is 6.34. The molecule has 0 aromatic heterocycles. The fourth-order valence-corrected chi connectivity index (χ4v) is 5.08. The van der Waals surface area contributed by atoms with Crippen LogP contribution in [0.15, 0.2) is 42.5 Å². The Bertz CT molecular complexity index is 1010. The van der Waals surface area contributed by atoms with Crippen LogP contribution < -0.4 is 5.32 Å². The number of carbonyl (C=O) groups excluding carboxylic acids is 1. The summed E-state index contributed by atoms with van der Waals surface area (Å²) in [5, 5.41) is 3.08. The van der Waals surface area contributed by atoms with E-state index in [9.17, 15) is 22.2 Å². The summed E-state index contributed by atoms with van der Waals surface area (Å²) in [5.74, 6) is -0.707. The zero-order valence-electron chi connectivity index (χ0n) is 16.5. The number of halogens is 5. The van der Waals surface area contributed by atoms with E-state index in [1.165, 1.54) is 24.3 Å². The summed E-state index contributed by atoms with van der Waals surface area (Å²) in [5.41, 5.74) is 1.58. The third-order valence-electron chi connectivity index (χ3n) is 4.97. The predicted octanol–water partition coefficient (Wildman–Crippen LogP) is 5.77. The highest BCUT2D eigenvalue weighted by molar-refractivity contribution is 7.86. The van der Waals surface area contributed by atoms with Crippen molar-refractivity contribution in [2.75, 3.05) is 18.1 Å². The maximum absolute atomic E-state index is 13.6. The Morgan fingerprint density at radius 2 is 1.84 bits per heavy atom. The van der Waals surface area contributed by atoms with Gasteiger partial charge in [0.1, 0.15) is 0 Å². The zero-order valence-corrected chi connectivity index (χ0v) is 18.8. The predicted molar refractivity (Wildman–Crippen MR) is 119 cm³/mol. The lowest BCUT2D eigenvalue weighted by atomic mass is 9.96. The van der Waals surface area contributed by atoms with Crippen molar-refractivity contribution in [1.82, 2.24) is 5.32 Å². The fourth-order valence-electron chi connectivity index (χ4n) is 3.34. The summed E-state index contributed by atoms with van der Waals surface area (Å²) in [4.78, 5) is 12.4. The molecule has 1 unspecified atom stereocenters. The molecule has 3 rings (SSSR count). The van der Waals surface area contributed by atoms with Crippen molar-refractivity contribution < 1.29 is 22.2 Å². The van der Waals surface area contributed by atoms with Gasteiger partial charge in [-0.05, 0) is 53.8 Å². The van der Waals surface area contributed by atoms with Crippen LogP contribution in [0.1, 0.15) is 33.0 Å².